The molecule has 1 aromatic rings. The van der Waals surface area contributed by atoms with Gasteiger partial charge >= 0.3 is 0 Å². The van der Waals surface area contributed by atoms with Crippen LogP contribution >= 0.6 is 0 Å². The molecular weight excluding hydrogens is 242 g/mol. The number of anilines is 1. The molecular formula is C14H23N3O2. The SMILES string of the molecule is CCCC(CCN)CCC(=O)Nc1ncccc1O. The highest BCUT2D eigenvalue weighted by atomic mass is 16.3. The summed E-state index contributed by atoms with van der Waals surface area (Å²) in [6.07, 6.45) is 5.94. The molecule has 0 spiro atoms. The van der Waals surface area contributed by atoms with E-state index in [1.165, 1.54) is 12.3 Å². The van der Waals surface area contributed by atoms with E-state index in [0.29, 0.717) is 18.9 Å². The summed E-state index contributed by atoms with van der Waals surface area (Å²) in [5.74, 6) is 0.589. The third kappa shape index (κ3) is 5.70. The molecule has 19 heavy (non-hydrogen) atoms. The summed E-state index contributed by atoms with van der Waals surface area (Å²) in [6, 6.07) is 3.11. The molecule has 0 radical (unpaired) electrons. The van der Waals surface area contributed by atoms with Crippen LogP contribution in [0.15, 0.2) is 18.3 Å². The highest BCUT2D eigenvalue weighted by molar-refractivity contribution is 5.90. The number of rotatable bonds is 8. The number of carbonyl (C=O) groups excluding carboxylic acids is 1. The Balaban J connectivity index is 2.40. The van der Waals surface area contributed by atoms with E-state index >= 15 is 0 Å². The summed E-state index contributed by atoms with van der Waals surface area (Å²) >= 11 is 0. The van der Waals surface area contributed by atoms with E-state index in [-0.39, 0.29) is 17.5 Å². The van der Waals surface area contributed by atoms with Crippen molar-refractivity contribution in [3.63, 3.8) is 0 Å². The zero-order chi connectivity index (χ0) is 14.1. The van der Waals surface area contributed by atoms with E-state index in [9.17, 15) is 9.90 Å². The minimum atomic E-state index is -0.118. The second kappa shape index (κ2) is 8.48. The van der Waals surface area contributed by atoms with E-state index in [1.54, 1.807) is 6.07 Å². The molecule has 5 heteroatoms. The van der Waals surface area contributed by atoms with Crippen LogP contribution < -0.4 is 11.1 Å². The van der Waals surface area contributed by atoms with Crippen molar-refractivity contribution in [3.8, 4) is 5.75 Å². The van der Waals surface area contributed by atoms with Crippen molar-refractivity contribution in [2.24, 2.45) is 11.7 Å². The molecule has 1 unspecified atom stereocenters. The first-order chi connectivity index (χ1) is 9.17. The van der Waals surface area contributed by atoms with Crippen LogP contribution in [0.4, 0.5) is 5.82 Å². The fraction of sp³-hybridized carbons (Fsp3) is 0.571. The minimum Gasteiger partial charge on any atom is -0.504 e. The predicted octanol–water partition coefficient (Wildman–Crippen LogP) is 2.27. The van der Waals surface area contributed by atoms with E-state index in [2.05, 4.69) is 17.2 Å². The molecule has 0 saturated heterocycles. The van der Waals surface area contributed by atoms with Gasteiger partial charge in [-0.25, -0.2) is 4.98 Å². The van der Waals surface area contributed by atoms with E-state index in [1.807, 2.05) is 0 Å². The minimum absolute atomic E-state index is 0.0112. The number of aromatic hydroxyl groups is 1. The highest BCUT2D eigenvalue weighted by Crippen LogP contribution is 2.20. The van der Waals surface area contributed by atoms with Gasteiger partial charge in [0.25, 0.3) is 0 Å². The molecule has 1 heterocycles. The first-order valence-electron chi connectivity index (χ1n) is 6.81. The van der Waals surface area contributed by atoms with Crippen molar-refractivity contribution in [1.82, 2.24) is 4.98 Å². The van der Waals surface area contributed by atoms with Crippen LogP contribution in [-0.4, -0.2) is 22.5 Å². The van der Waals surface area contributed by atoms with Crippen molar-refractivity contribution in [2.45, 2.75) is 39.0 Å². The Morgan fingerprint density at radius 3 is 2.89 bits per heavy atom. The quantitative estimate of drug-likeness (QED) is 0.672. The standard InChI is InChI=1S/C14H23N3O2/c1-2-4-11(8-9-15)6-7-13(19)17-14-12(18)5-3-10-16-14/h3,5,10-11,18H,2,4,6-9,15H2,1H3,(H,16,17,19). The van der Waals surface area contributed by atoms with Gasteiger partial charge < -0.3 is 16.2 Å². The molecule has 4 N–H and O–H groups in total. The molecule has 106 valence electrons. The zero-order valence-electron chi connectivity index (χ0n) is 11.4. The topological polar surface area (TPSA) is 88.2 Å². The highest BCUT2D eigenvalue weighted by Gasteiger charge is 2.11. The summed E-state index contributed by atoms with van der Waals surface area (Å²) < 4.78 is 0. The Kier molecular flexibility index (Phi) is 6.89. The van der Waals surface area contributed by atoms with Gasteiger partial charge in [-0.05, 0) is 37.4 Å². The smallest absolute Gasteiger partial charge is 0.225 e. The summed E-state index contributed by atoms with van der Waals surface area (Å²) in [4.78, 5) is 15.7. The van der Waals surface area contributed by atoms with Crippen molar-refractivity contribution >= 4 is 11.7 Å². The number of hydrogen-bond acceptors (Lipinski definition) is 4. The number of amides is 1. The van der Waals surface area contributed by atoms with Crippen LogP contribution in [0.1, 0.15) is 39.0 Å². The van der Waals surface area contributed by atoms with Crippen LogP contribution in [0, 0.1) is 5.92 Å². The fourth-order valence-corrected chi connectivity index (χ4v) is 2.10. The lowest BCUT2D eigenvalue weighted by Gasteiger charge is -2.14. The average molecular weight is 265 g/mol. The Morgan fingerprint density at radius 1 is 1.47 bits per heavy atom. The lowest BCUT2D eigenvalue weighted by atomic mass is 9.94. The van der Waals surface area contributed by atoms with Gasteiger partial charge in [-0.1, -0.05) is 19.8 Å². The fourth-order valence-electron chi connectivity index (χ4n) is 2.10. The summed E-state index contributed by atoms with van der Waals surface area (Å²) in [7, 11) is 0. The maximum atomic E-state index is 11.8. The van der Waals surface area contributed by atoms with Gasteiger partial charge in [-0.2, -0.15) is 0 Å². The third-order valence-electron chi connectivity index (χ3n) is 3.10. The van der Waals surface area contributed by atoms with Gasteiger partial charge in [-0.15, -0.1) is 0 Å². The van der Waals surface area contributed by atoms with Crippen LogP contribution in [0.25, 0.3) is 0 Å². The molecule has 0 aliphatic heterocycles. The van der Waals surface area contributed by atoms with E-state index in [4.69, 9.17) is 5.73 Å². The largest absolute Gasteiger partial charge is 0.504 e. The van der Waals surface area contributed by atoms with Gasteiger partial charge in [0.2, 0.25) is 5.91 Å². The Bertz CT molecular complexity index is 390. The maximum absolute atomic E-state index is 11.8. The number of nitrogens with zero attached hydrogens (tertiary/aromatic N) is 1. The molecule has 0 aromatic carbocycles. The lowest BCUT2D eigenvalue weighted by Crippen LogP contribution is -2.16. The Hall–Kier alpha value is -1.62. The summed E-state index contributed by atoms with van der Waals surface area (Å²) in [6.45, 7) is 2.79. The van der Waals surface area contributed by atoms with Gasteiger partial charge in [0, 0.05) is 12.6 Å². The molecule has 1 atom stereocenters. The first-order valence-corrected chi connectivity index (χ1v) is 6.81. The number of nitrogens with two attached hydrogens (primary N) is 1. The Labute approximate surface area is 114 Å². The first kappa shape index (κ1) is 15.4. The molecule has 0 saturated carbocycles. The van der Waals surface area contributed by atoms with Crippen molar-refractivity contribution in [3.05, 3.63) is 18.3 Å². The van der Waals surface area contributed by atoms with Gasteiger partial charge in [0.1, 0.15) is 0 Å². The second-order valence-corrected chi connectivity index (χ2v) is 4.69. The third-order valence-corrected chi connectivity index (χ3v) is 3.10. The van der Waals surface area contributed by atoms with Crippen LogP contribution in [0.3, 0.4) is 0 Å². The van der Waals surface area contributed by atoms with E-state index < -0.39 is 0 Å². The monoisotopic (exact) mass is 265 g/mol. The average Bonchev–Trinajstić information content (AvgIpc) is 2.39. The van der Waals surface area contributed by atoms with E-state index in [0.717, 1.165) is 25.7 Å². The maximum Gasteiger partial charge on any atom is 0.225 e. The molecule has 0 aliphatic rings. The molecule has 0 bridgehead atoms. The number of aromatic nitrogens is 1. The number of nitrogens with one attached hydrogen (secondary N) is 1. The number of hydrogen-bond donors (Lipinski definition) is 3. The normalized spacial score (nSPS) is 12.1. The second-order valence-electron chi connectivity index (χ2n) is 4.69. The van der Waals surface area contributed by atoms with Crippen LogP contribution in [0.5, 0.6) is 5.75 Å². The summed E-state index contributed by atoms with van der Waals surface area (Å²) in [5.41, 5.74) is 5.57. The lowest BCUT2D eigenvalue weighted by molar-refractivity contribution is -0.116. The van der Waals surface area contributed by atoms with Crippen molar-refractivity contribution in [2.75, 3.05) is 11.9 Å². The molecule has 1 aromatic heterocycles. The zero-order valence-corrected chi connectivity index (χ0v) is 11.4. The molecule has 5 nitrogen and oxygen atoms in total. The molecule has 1 amide bonds. The molecule has 0 aliphatic carbocycles. The number of carbonyl (C=O) groups is 1. The predicted molar refractivity (Wildman–Crippen MR) is 75.8 cm³/mol. The molecule has 1 rings (SSSR count). The Morgan fingerprint density at radius 2 is 2.26 bits per heavy atom. The van der Waals surface area contributed by atoms with Gasteiger partial charge in [0.05, 0.1) is 0 Å². The van der Waals surface area contributed by atoms with Crippen LogP contribution in [-0.2, 0) is 4.79 Å². The van der Waals surface area contributed by atoms with Crippen molar-refractivity contribution < 1.29 is 9.90 Å². The van der Waals surface area contributed by atoms with Crippen LogP contribution in [0.2, 0.25) is 0 Å². The van der Waals surface area contributed by atoms with Gasteiger partial charge in [0.15, 0.2) is 11.6 Å². The van der Waals surface area contributed by atoms with Gasteiger partial charge in [-0.3, -0.25) is 4.79 Å². The summed E-state index contributed by atoms with van der Waals surface area (Å²) in [5, 5.41) is 12.1. The van der Waals surface area contributed by atoms with Crippen molar-refractivity contribution in [1.29, 1.82) is 0 Å². The number of pyridine rings is 1. The molecule has 0 fully saturated rings.